The Hall–Kier alpha value is -3.12. The van der Waals surface area contributed by atoms with Crippen LogP contribution in [0.4, 0.5) is 0 Å². The quantitative estimate of drug-likeness (QED) is 0.245. The Morgan fingerprint density at radius 3 is 2.56 bits per heavy atom. The van der Waals surface area contributed by atoms with Gasteiger partial charge in [-0.05, 0) is 61.0 Å². The first-order valence-corrected chi connectivity index (χ1v) is 12.3. The van der Waals surface area contributed by atoms with Gasteiger partial charge in [-0.25, -0.2) is 4.98 Å². The largest absolute Gasteiger partial charge is 0.497 e. The first-order chi connectivity index (χ1) is 16.5. The molecule has 2 aromatic heterocycles. The fourth-order valence-corrected chi connectivity index (χ4v) is 5.39. The van der Waals surface area contributed by atoms with Crippen LogP contribution in [-0.2, 0) is 6.42 Å². The van der Waals surface area contributed by atoms with E-state index in [2.05, 4.69) is 0 Å². The monoisotopic (exact) mass is 506 g/mol. The molecule has 0 N–H and O–H groups in total. The number of carbonyl (C=O) groups is 1. The van der Waals surface area contributed by atoms with Gasteiger partial charge in [0, 0.05) is 39.0 Å². The lowest BCUT2D eigenvalue weighted by molar-refractivity contribution is 0.0963. The zero-order valence-corrected chi connectivity index (χ0v) is 20.8. The second-order valence-corrected chi connectivity index (χ2v) is 9.60. The van der Waals surface area contributed by atoms with E-state index in [4.69, 9.17) is 32.9 Å². The maximum atomic E-state index is 13.5. The number of thiazole rings is 1. The number of halogens is 2. The summed E-state index contributed by atoms with van der Waals surface area (Å²) in [7, 11) is 1.64. The molecule has 4 nitrogen and oxygen atoms in total. The van der Waals surface area contributed by atoms with Crippen molar-refractivity contribution in [3.63, 3.8) is 0 Å². The Morgan fingerprint density at radius 1 is 1.06 bits per heavy atom. The van der Waals surface area contributed by atoms with Gasteiger partial charge in [0.2, 0.25) is 0 Å². The van der Waals surface area contributed by atoms with Gasteiger partial charge in [-0.2, -0.15) is 0 Å². The van der Waals surface area contributed by atoms with E-state index < -0.39 is 0 Å². The number of carbonyl (C=O) groups excluding carboxylic acids is 1. The Kier molecular flexibility index (Phi) is 6.17. The average Bonchev–Trinajstić information content (AvgIpc) is 3.42. The van der Waals surface area contributed by atoms with Crippen molar-refractivity contribution in [1.29, 1.82) is 0 Å². The van der Waals surface area contributed by atoms with Gasteiger partial charge >= 0.3 is 0 Å². The summed E-state index contributed by atoms with van der Waals surface area (Å²) in [5.41, 5.74) is 5.14. The van der Waals surface area contributed by atoms with Crippen molar-refractivity contribution in [2.75, 3.05) is 7.11 Å². The number of ether oxygens (including phenoxy) is 1. The topological polar surface area (TPSA) is 44.1 Å². The van der Waals surface area contributed by atoms with Crippen molar-refractivity contribution in [1.82, 2.24) is 9.55 Å². The molecular weight excluding hydrogens is 487 g/mol. The number of fused-ring (bicyclic) bond motifs is 1. The van der Waals surface area contributed by atoms with Gasteiger partial charge < -0.3 is 4.74 Å². The van der Waals surface area contributed by atoms with Crippen LogP contribution in [0.25, 0.3) is 21.5 Å². The smallest absolute Gasteiger partial charge is 0.262 e. The molecule has 0 amide bonds. The lowest BCUT2D eigenvalue weighted by Gasteiger charge is -2.08. The van der Waals surface area contributed by atoms with Gasteiger partial charge in [0.15, 0.2) is 0 Å². The first kappa shape index (κ1) is 22.7. The third kappa shape index (κ3) is 4.11. The van der Waals surface area contributed by atoms with E-state index in [1.807, 2.05) is 54.8 Å². The molecule has 0 spiro atoms. The van der Waals surface area contributed by atoms with E-state index in [9.17, 15) is 4.79 Å². The molecule has 170 valence electrons. The van der Waals surface area contributed by atoms with E-state index in [-0.39, 0.29) is 5.91 Å². The van der Waals surface area contributed by atoms with E-state index in [1.54, 1.807) is 47.3 Å². The summed E-state index contributed by atoms with van der Waals surface area (Å²) in [6.07, 6.45) is 0.581. The highest BCUT2D eigenvalue weighted by Crippen LogP contribution is 2.34. The van der Waals surface area contributed by atoms with E-state index in [1.165, 1.54) is 0 Å². The van der Waals surface area contributed by atoms with E-state index in [0.717, 1.165) is 44.2 Å². The Labute approximate surface area is 211 Å². The second kappa shape index (κ2) is 9.26. The molecule has 0 saturated heterocycles. The average molecular weight is 507 g/mol. The molecule has 0 radical (unpaired) electrons. The van der Waals surface area contributed by atoms with Crippen molar-refractivity contribution < 1.29 is 9.53 Å². The third-order valence-electron chi connectivity index (χ3n) is 5.85. The van der Waals surface area contributed by atoms with Crippen molar-refractivity contribution in [3.05, 3.63) is 105 Å². The van der Waals surface area contributed by atoms with Crippen LogP contribution in [0.15, 0.2) is 72.1 Å². The Morgan fingerprint density at radius 2 is 1.82 bits per heavy atom. The maximum absolute atomic E-state index is 13.5. The number of benzene rings is 3. The van der Waals surface area contributed by atoms with Crippen LogP contribution in [0.5, 0.6) is 5.75 Å². The number of methoxy groups -OCH3 is 1. The highest BCUT2D eigenvalue weighted by atomic mass is 35.5. The molecular formula is C27H20Cl2N2O2S. The van der Waals surface area contributed by atoms with Crippen molar-refractivity contribution in [3.8, 4) is 16.3 Å². The van der Waals surface area contributed by atoms with Crippen LogP contribution in [-0.4, -0.2) is 22.6 Å². The zero-order valence-electron chi connectivity index (χ0n) is 18.5. The molecule has 0 aliphatic rings. The molecule has 0 fully saturated rings. The summed E-state index contributed by atoms with van der Waals surface area (Å²) in [6, 6.07) is 20.4. The lowest BCUT2D eigenvalue weighted by atomic mass is 10.1. The van der Waals surface area contributed by atoms with Gasteiger partial charge in [0.05, 0.1) is 23.3 Å². The molecule has 0 bridgehead atoms. The zero-order chi connectivity index (χ0) is 23.8. The molecule has 2 heterocycles. The predicted molar refractivity (Wildman–Crippen MR) is 140 cm³/mol. The molecule has 7 heteroatoms. The van der Waals surface area contributed by atoms with Crippen LogP contribution >= 0.6 is 34.5 Å². The van der Waals surface area contributed by atoms with Gasteiger partial charge in [0.25, 0.3) is 5.91 Å². The van der Waals surface area contributed by atoms with E-state index >= 15 is 0 Å². The normalized spacial score (nSPS) is 11.2. The van der Waals surface area contributed by atoms with E-state index in [0.29, 0.717) is 22.0 Å². The van der Waals surface area contributed by atoms with Crippen molar-refractivity contribution in [2.45, 2.75) is 13.3 Å². The molecule has 0 atom stereocenters. The highest BCUT2D eigenvalue weighted by Gasteiger charge is 2.21. The molecule has 5 aromatic rings. The summed E-state index contributed by atoms with van der Waals surface area (Å²) < 4.78 is 7.23. The predicted octanol–water partition coefficient (Wildman–Crippen LogP) is 7.67. The van der Waals surface area contributed by atoms with Gasteiger partial charge in [-0.3, -0.25) is 9.36 Å². The number of hydrogen-bond donors (Lipinski definition) is 0. The summed E-state index contributed by atoms with van der Waals surface area (Å²) >= 11 is 14.0. The molecule has 0 saturated carbocycles. The van der Waals surface area contributed by atoms with Gasteiger partial charge in [-0.15, -0.1) is 11.3 Å². The molecule has 3 aromatic carbocycles. The van der Waals surface area contributed by atoms with Gasteiger partial charge in [0.1, 0.15) is 10.8 Å². The maximum Gasteiger partial charge on any atom is 0.262 e. The van der Waals surface area contributed by atoms with Crippen LogP contribution in [0.3, 0.4) is 0 Å². The first-order valence-electron chi connectivity index (χ1n) is 10.6. The summed E-state index contributed by atoms with van der Waals surface area (Å²) in [5.74, 6) is 0.630. The van der Waals surface area contributed by atoms with Crippen LogP contribution in [0, 0.1) is 6.92 Å². The molecule has 34 heavy (non-hydrogen) atoms. The Balaban J connectivity index is 1.60. The van der Waals surface area contributed by atoms with Crippen LogP contribution in [0.2, 0.25) is 10.0 Å². The van der Waals surface area contributed by atoms with Crippen LogP contribution < -0.4 is 4.74 Å². The molecule has 0 aliphatic heterocycles. The summed E-state index contributed by atoms with van der Waals surface area (Å²) in [4.78, 5) is 18.3. The fraction of sp³-hybridized carbons (Fsp3) is 0.111. The number of aromatic nitrogens is 2. The SMILES string of the molecule is COc1ccc2c(c1)c(Cc1csc(-c3ccccc3Cl)n1)c(C)n2C(=O)c1ccc(Cl)cc1. The second-order valence-electron chi connectivity index (χ2n) is 7.90. The van der Waals surface area contributed by atoms with Crippen molar-refractivity contribution in [2.24, 2.45) is 0 Å². The van der Waals surface area contributed by atoms with Gasteiger partial charge in [-0.1, -0.05) is 41.4 Å². The summed E-state index contributed by atoms with van der Waals surface area (Å²) in [6.45, 7) is 1.97. The van der Waals surface area contributed by atoms with Crippen molar-refractivity contribution >= 4 is 51.3 Å². The molecule has 0 aliphatic carbocycles. The fourth-order valence-electron chi connectivity index (χ4n) is 4.12. The molecule has 0 unspecified atom stereocenters. The number of nitrogens with zero attached hydrogens (tertiary/aromatic N) is 2. The number of rotatable bonds is 5. The minimum Gasteiger partial charge on any atom is -0.497 e. The third-order valence-corrected chi connectivity index (χ3v) is 7.36. The lowest BCUT2D eigenvalue weighted by Crippen LogP contribution is -2.13. The minimum atomic E-state index is -0.106. The molecule has 5 rings (SSSR count). The highest BCUT2D eigenvalue weighted by molar-refractivity contribution is 7.13. The number of hydrogen-bond acceptors (Lipinski definition) is 4. The standard InChI is InChI=1S/C27H20Cl2N2O2S/c1-16-22(13-19-15-34-26(30-19)21-5-3-4-6-24(21)29)23-14-20(33-2)11-12-25(23)31(16)27(32)17-7-9-18(28)10-8-17/h3-12,14-15H,13H2,1-2H3. The minimum absolute atomic E-state index is 0.106. The Bertz CT molecular complexity index is 1520. The van der Waals surface area contributed by atoms with Crippen LogP contribution in [0.1, 0.15) is 27.3 Å². The summed E-state index contributed by atoms with van der Waals surface area (Å²) in [5, 5.41) is 5.15.